The van der Waals surface area contributed by atoms with Crippen molar-refractivity contribution in [2.24, 2.45) is 5.41 Å². The molecule has 0 unspecified atom stereocenters. The van der Waals surface area contributed by atoms with E-state index in [2.05, 4.69) is 5.32 Å². The SMILES string of the molecule is CCOC(=O)N1CCN2c3ccc([N+](=O)[O-])cc3C[C@@]3(C(=O)NC(=O)N(CCc4ccc(OC)c(OC)c4)C3=O)[C@@H]2C1. The number of nitro groups is 1. The molecule has 1 N–H and O–H groups in total. The number of nitro benzene ring substituents is 1. The number of benzene rings is 2. The second-order valence-electron chi connectivity index (χ2n) is 10.2. The third kappa shape index (κ3) is 4.72. The van der Waals surface area contributed by atoms with Gasteiger partial charge in [-0.2, -0.15) is 0 Å². The Kier molecular flexibility index (Phi) is 7.63. The first-order chi connectivity index (χ1) is 20.1. The van der Waals surface area contributed by atoms with E-state index in [4.69, 9.17) is 14.2 Å². The number of carbonyl (C=O) groups excluding carboxylic acids is 4. The third-order valence-corrected chi connectivity index (χ3v) is 8.10. The molecule has 0 aliphatic carbocycles. The van der Waals surface area contributed by atoms with Crippen LogP contribution < -0.4 is 19.7 Å². The lowest BCUT2D eigenvalue weighted by atomic mass is 9.67. The summed E-state index contributed by atoms with van der Waals surface area (Å²) in [7, 11) is 3.01. The first-order valence-electron chi connectivity index (χ1n) is 13.5. The number of fused-ring (bicyclic) bond motifs is 4. The maximum absolute atomic E-state index is 14.4. The highest BCUT2D eigenvalue weighted by Gasteiger charge is 2.63. The molecule has 3 aliphatic rings. The average molecular weight is 582 g/mol. The zero-order valence-electron chi connectivity index (χ0n) is 23.5. The Bertz CT molecular complexity index is 1460. The smallest absolute Gasteiger partial charge is 0.409 e. The molecule has 5 rings (SSSR count). The third-order valence-electron chi connectivity index (χ3n) is 8.10. The van der Waals surface area contributed by atoms with Crippen LogP contribution in [0.4, 0.5) is 21.0 Å². The second kappa shape index (κ2) is 11.2. The number of barbiturate groups is 1. The number of amides is 5. The summed E-state index contributed by atoms with van der Waals surface area (Å²) >= 11 is 0. The molecule has 14 nitrogen and oxygen atoms in total. The van der Waals surface area contributed by atoms with Crippen molar-refractivity contribution in [2.45, 2.75) is 25.8 Å². The molecular formula is C28H31N5O9. The molecule has 3 aliphatic heterocycles. The van der Waals surface area contributed by atoms with Crippen LogP contribution in [-0.4, -0.2) is 91.7 Å². The number of rotatable bonds is 7. The van der Waals surface area contributed by atoms with Gasteiger partial charge in [-0.3, -0.25) is 29.9 Å². The number of piperazine rings is 1. The standard InChI is InChI=1S/C28H31N5O9/c1-4-42-27(37)30-11-12-31-20-7-6-19(33(38)39)14-18(20)15-28(23(31)16-30)24(34)29-26(36)32(25(28)35)10-9-17-5-8-21(40-2)22(13-17)41-3/h5-8,13-14,23H,4,9-12,15-16H2,1-3H3,(H,29,34,36)/t23-,28-/m0/s1. The number of methoxy groups -OCH3 is 2. The number of anilines is 1. The Labute approximate surface area is 241 Å². The molecule has 42 heavy (non-hydrogen) atoms. The van der Waals surface area contributed by atoms with Gasteiger partial charge in [0.25, 0.3) is 5.69 Å². The lowest BCUT2D eigenvalue weighted by molar-refractivity contribution is -0.384. The van der Waals surface area contributed by atoms with E-state index in [1.807, 2.05) is 4.90 Å². The first-order valence-corrected chi connectivity index (χ1v) is 13.5. The van der Waals surface area contributed by atoms with Crippen LogP contribution in [0.15, 0.2) is 36.4 Å². The molecule has 2 aromatic rings. The number of ether oxygens (including phenoxy) is 3. The van der Waals surface area contributed by atoms with E-state index >= 15 is 0 Å². The van der Waals surface area contributed by atoms with Gasteiger partial charge < -0.3 is 24.0 Å². The van der Waals surface area contributed by atoms with Gasteiger partial charge in [0.1, 0.15) is 0 Å². The summed E-state index contributed by atoms with van der Waals surface area (Å²) in [6.07, 6.45) is -0.506. The fraction of sp³-hybridized carbons (Fsp3) is 0.429. The van der Waals surface area contributed by atoms with Crippen LogP contribution in [0.25, 0.3) is 0 Å². The van der Waals surface area contributed by atoms with E-state index < -0.39 is 40.3 Å². The number of hydrogen-bond donors (Lipinski definition) is 1. The molecule has 0 bridgehead atoms. The molecule has 0 aromatic heterocycles. The van der Waals surface area contributed by atoms with Crippen LogP contribution in [0.1, 0.15) is 18.1 Å². The van der Waals surface area contributed by atoms with Gasteiger partial charge in [-0.25, -0.2) is 9.59 Å². The fourth-order valence-corrected chi connectivity index (χ4v) is 6.04. The quantitative estimate of drug-likeness (QED) is 0.291. The maximum atomic E-state index is 14.4. The van der Waals surface area contributed by atoms with Gasteiger partial charge in [0.2, 0.25) is 11.8 Å². The number of nitrogens with one attached hydrogen (secondary N) is 1. The molecule has 3 heterocycles. The zero-order chi connectivity index (χ0) is 30.2. The summed E-state index contributed by atoms with van der Waals surface area (Å²) in [6, 6.07) is 7.85. The van der Waals surface area contributed by atoms with E-state index in [1.165, 1.54) is 31.3 Å². The topological polar surface area (TPSA) is 161 Å². The van der Waals surface area contributed by atoms with Crippen molar-refractivity contribution < 1.29 is 38.3 Å². The lowest BCUT2D eigenvalue weighted by Crippen LogP contribution is -2.75. The van der Waals surface area contributed by atoms with E-state index in [-0.39, 0.29) is 51.3 Å². The van der Waals surface area contributed by atoms with Crippen molar-refractivity contribution >= 4 is 35.3 Å². The van der Waals surface area contributed by atoms with Crippen molar-refractivity contribution in [3.8, 4) is 11.5 Å². The highest BCUT2D eigenvalue weighted by atomic mass is 16.6. The Hall–Kier alpha value is -4.88. The van der Waals surface area contributed by atoms with Crippen LogP contribution in [0, 0.1) is 15.5 Å². The molecule has 14 heteroatoms. The molecule has 2 aromatic carbocycles. The van der Waals surface area contributed by atoms with Crippen molar-refractivity contribution in [1.29, 1.82) is 0 Å². The van der Waals surface area contributed by atoms with Crippen LogP contribution in [0.2, 0.25) is 0 Å². The van der Waals surface area contributed by atoms with E-state index in [0.717, 1.165) is 10.5 Å². The number of urea groups is 1. The number of imide groups is 2. The number of non-ortho nitro benzene ring substituents is 1. The highest BCUT2D eigenvalue weighted by Crippen LogP contribution is 2.46. The van der Waals surface area contributed by atoms with Gasteiger partial charge in [0.05, 0.1) is 31.8 Å². The molecule has 2 atom stereocenters. The summed E-state index contributed by atoms with van der Waals surface area (Å²) in [6.45, 7) is 2.26. The van der Waals surface area contributed by atoms with E-state index in [0.29, 0.717) is 22.7 Å². The number of nitrogens with zero attached hydrogens (tertiary/aromatic N) is 4. The van der Waals surface area contributed by atoms with Gasteiger partial charge in [0, 0.05) is 50.4 Å². The summed E-state index contributed by atoms with van der Waals surface area (Å²) in [5.41, 5.74) is -0.190. The molecule has 2 saturated heterocycles. The normalized spacial score (nSPS) is 21.5. The summed E-state index contributed by atoms with van der Waals surface area (Å²) in [5, 5.41) is 13.9. The van der Waals surface area contributed by atoms with Crippen molar-refractivity contribution in [1.82, 2.24) is 15.1 Å². The van der Waals surface area contributed by atoms with Crippen molar-refractivity contribution in [3.05, 3.63) is 57.6 Å². The zero-order valence-corrected chi connectivity index (χ0v) is 23.5. The Morgan fingerprint density at radius 1 is 1.10 bits per heavy atom. The largest absolute Gasteiger partial charge is 0.493 e. The van der Waals surface area contributed by atoms with Gasteiger partial charge >= 0.3 is 12.1 Å². The summed E-state index contributed by atoms with van der Waals surface area (Å²) < 4.78 is 15.8. The highest BCUT2D eigenvalue weighted by molar-refractivity contribution is 6.20. The molecule has 1 spiro atoms. The number of carbonyl (C=O) groups is 4. The number of hydrogen-bond acceptors (Lipinski definition) is 10. The minimum Gasteiger partial charge on any atom is -0.493 e. The lowest BCUT2D eigenvalue weighted by Gasteiger charge is -2.55. The predicted molar refractivity (Wildman–Crippen MR) is 147 cm³/mol. The van der Waals surface area contributed by atoms with Crippen molar-refractivity contribution in [2.75, 3.05) is 51.9 Å². The van der Waals surface area contributed by atoms with Gasteiger partial charge in [0.15, 0.2) is 16.9 Å². The van der Waals surface area contributed by atoms with Gasteiger partial charge in [-0.05, 0) is 42.7 Å². The Morgan fingerprint density at radius 3 is 2.55 bits per heavy atom. The molecule has 0 radical (unpaired) electrons. The first kappa shape index (κ1) is 28.6. The molecule has 222 valence electrons. The molecule has 0 saturated carbocycles. The monoisotopic (exact) mass is 581 g/mol. The summed E-state index contributed by atoms with van der Waals surface area (Å²) in [5.74, 6) is -0.526. The Morgan fingerprint density at radius 2 is 1.86 bits per heavy atom. The van der Waals surface area contributed by atoms with Crippen LogP contribution in [0.5, 0.6) is 11.5 Å². The van der Waals surface area contributed by atoms with Gasteiger partial charge in [-0.1, -0.05) is 6.07 Å². The summed E-state index contributed by atoms with van der Waals surface area (Å²) in [4.78, 5) is 69.1. The molecule has 5 amide bonds. The van der Waals surface area contributed by atoms with Gasteiger partial charge in [-0.15, -0.1) is 0 Å². The van der Waals surface area contributed by atoms with Crippen LogP contribution in [-0.2, 0) is 27.2 Å². The fourth-order valence-electron chi connectivity index (χ4n) is 6.04. The van der Waals surface area contributed by atoms with E-state index in [1.54, 1.807) is 31.2 Å². The average Bonchev–Trinajstić information content (AvgIpc) is 2.99. The van der Waals surface area contributed by atoms with Crippen LogP contribution in [0.3, 0.4) is 0 Å². The minimum absolute atomic E-state index is 0.0217. The molecule has 2 fully saturated rings. The van der Waals surface area contributed by atoms with E-state index in [9.17, 15) is 29.3 Å². The minimum atomic E-state index is -1.83. The predicted octanol–water partition coefficient (Wildman–Crippen LogP) is 2.12. The Balaban J connectivity index is 1.53. The second-order valence-corrected chi connectivity index (χ2v) is 10.2. The van der Waals surface area contributed by atoms with Crippen LogP contribution >= 0.6 is 0 Å². The van der Waals surface area contributed by atoms with Crippen molar-refractivity contribution in [3.63, 3.8) is 0 Å². The maximum Gasteiger partial charge on any atom is 0.409 e. The molecular weight excluding hydrogens is 550 g/mol.